The number of carbonyl (C=O) groups excluding carboxylic acids is 1. The van der Waals surface area contributed by atoms with Gasteiger partial charge in [-0.25, -0.2) is 13.1 Å². The molecule has 1 saturated heterocycles. The van der Waals surface area contributed by atoms with Crippen LogP contribution in [0.3, 0.4) is 0 Å². The van der Waals surface area contributed by atoms with Gasteiger partial charge in [-0.3, -0.25) is 9.69 Å². The Hall–Kier alpha value is -2.76. The summed E-state index contributed by atoms with van der Waals surface area (Å²) in [7, 11) is -3.62. The van der Waals surface area contributed by atoms with Crippen molar-refractivity contribution in [3.8, 4) is 0 Å². The van der Waals surface area contributed by atoms with Gasteiger partial charge in [0.2, 0.25) is 0 Å². The first-order valence-electron chi connectivity index (χ1n) is 11.4. The van der Waals surface area contributed by atoms with Gasteiger partial charge in [0.15, 0.2) is 27.3 Å². The second-order valence-corrected chi connectivity index (χ2v) is 11.0. The van der Waals surface area contributed by atoms with Gasteiger partial charge in [0.1, 0.15) is 0 Å². The van der Waals surface area contributed by atoms with Crippen molar-refractivity contribution < 1.29 is 30.0 Å². The normalized spacial score (nSPS) is 15.7. The second kappa shape index (κ2) is 11.3. The molecule has 1 atom stereocenters. The lowest BCUT2D eigenvalue weighted by Crippen LogP contribution is -3.00. The lowest BCUT2D eigenvalue weighted by molar-refractivity contribution is -0.0000203. The standard InChI is InChI=1S/C23H30N6O4S.ClH/c1-17(2)15-20(27-10-12-28(13-11-27)23(30)21-5-4-14-33-21)22-24-25-26-29(22)16-34(31,32)19-8-6-18(3)7-9-19;/h4-9,14,17,20H,10-13,15-16H2,1-3H3;1H/p-1. The number of carbonyl (C=O) groups is 1. The van der Waals surface area contributed by atoms with E-state index in [2.05, 4.69) is 34.3 Å². The number of nitrogens with zero attached hydrogens (tertiary/aromatic N) is 6. The van der Waals surface area contributed by atoms with Gasteiger partial charge in [-0.1, -0.05) is 31.5 Å². The molecule has 1 aromatic carbocycles. The molecule has 1 aliphatic heterocycles. The number of benzene rings is 1. The minimum absolute atomic E-state index is 0. The van der Waals surface area contributed by atoms with Crippen molar-refractivity contribution in [3.05, 3.63) is 59.8 Å². The molecule has 10 nitrogen and oxygen atoms in total. The van der Waals surface area contributed by atoms with Crippen LogP contribution < -0.4 is 12.4 Å². The van der Waals surface area contributed by atoms with E-state index in [4.69, 9.17) is 4.42 Å². The summed E-state index contributed by atoms with van der Waals surface area (Å²) in [6.07, 6.45) is 2.25. The minimum atomic E-state index is -3.62. The number of aryl methyl sites for hydroxylation is 1. The highest BCUT2D eigenvalue weighted by molar-refractivity contribution is 7.90. The van der Waals surface area contributed by atoms with Crippen LogP contribution in [0, 0.1) is 12.8 Å². The van der Waals surface area contributed by atoms with Crippen LogP contribution in [0.5, 0.6) is 0 Å². The number of hydrogen-bond acceptors (Lipinski definition) is 8. The van der Waals surface area contributed by atoms with Gasteiger partial charge in [-0.15, -0.1) is 5.10 Å². The fourth-order valence-corrected chi connectivity index (χ4v) is 5.39. The van der Waals surface area contributed by atoms with Crippen LogP contribution in [0.25, 0.3) is 0 Å². The average Bonchev–Trinajstić information content (AvgIpc) is 3.50. The first-order valence-corrected chi connectivity index (χ1v) is 13.0. The van der Waals surface area contributed by atoms with Gasteiger partial charge in [-0.2, -0.15) is 0 Å². The number of amides is 1. The van der Waals surface area contributed by atoms with E-state index in [1.54, 1.807) is 41.3 Å². The minimum Gasteiger partial charge on any atom is -1.00 e. The van der Waals surface area contributed by atoms with E-state index >= 15 is 0 Å². The van der Waals surface area contributed by atoms with E-state index < -0.39 is 9.84 Å². The Morgan fingerprint density at radius 3 is 2.37 bits per heavy atom. The Labute approximate surface area is 211 Å². The summed E-state index contributed by atoms with van der Waals surface area (Å²) >= 11 is 0. The highest BCUT2D eigenvalue weighted by Gasteiger charge is 2.32. The van der Waals surface area contributed by atoms with Crippen LogP contribution in [0.2, 0.25) is 0 Å². The zero-order chi connectivity index (χ0) is 24.3. The molecule has 0 saturated carbocycles. The van der Waals surface area contributed by atoms with E-state index in [-0.39, 0.29) is 35.1 Å². The summed E-state index contributed by atoms with van der Waals surface area (Å²) < 4.78 is 32.7. The van der Waals surface area contributed by atoms with Crippen LogP contribution in [-0.2, 0) is 15.7 Å². The van der Waals surface area contributed by atoms with Crippen molar-refractivity contribution in [1.82, 2.24) is 30.0 Å². The maximum absolute atomic E-state index is 13.0. The van der Waals surface area contributed by atoms with Gasteiger partial charge < -0.3 is 21.7 Å². The van der Waals surface area contributed by atoms with Crippen molar-refractivity contribution in [1.29, 1.82) is 0 Å². The van der Waals surface area contributed by atoms with Crippen molar-refractivity contribution in [3.63, 3.8) is 0 Å². The van der Waals surface area contributed by atoms with E-state index in [1.165, 1.54) is 10.9 Å². The van der Waals surface area contributed by atoms with Gasteiger partial charge in [0.05, 0.1) is 17.2 Å². The first kappa shape index (κ1) is 26.8. The smallest absolute Gasteiger partial charge is 0.289 e. The molecule has 0 spiro atoms. The molecule has 35 heavy (non-hydrogen) atoms. The zero-order valence-electron chi connectivity index (χ0n) is 20.0. The van der Waals surface area contributed by atoms with Gasteiger partial charge in [0, 0.05) is 26.2 Å². The number of piperazine rings is 1. The lowest BCUT2D eigenvalue weighted by atomic mass is 10.0. The maximum atomic E-state index is 13.0. The molecular weight excluding hydrogens is 492 g/mol. The van der Waals surface area contributed by atoms with E-state index in [0.717, 1.165) is 12.0 Å². The number of sulfone groups is 1. The summed E-state index contributed by atoms with van der Waals surface area (Å²) in [5.41, 5.74) is 0.990. The van der Waals surface area contributed by atoms with Crippen molar-refractivity contribution in [2.24, 2.45) is 5.92 Å². The second-order valence-electron chi connectivity index (χ2n) is 9.04. The molecule has 1 aliphatic rings. The molecule has 2 aromatic heterocycles. The molecule has 0 N–H and O–H groups in total. The summed E-state index contributed by atoms with van der Waals surface area (Å²) in [4.78, 5) is 16.9. The van der Waals surface area contributed by atoms with E-state index in [0.29, 0.717) is 43.7 Å². The highest BCUT2D eigenvalue weighted by Crippen LogP contribution is 2.28. The maximum Gasteiger partial charge on any atom is 0.289 e. The van der Waals surface area contributed by atoms with Gasteiger partial charge >= 0.3 is 0 Å². The summed E-state index contributed by atoms with van der Waals surface area (Å²) in [5.74, 6) is 0.738. The number of halogens is 1. The topological polar surface area (TPSA) is 114 Å². The molecule has 3 aromatic rings. The first-order chi connectivity index (χ1) is 16.2. The quantitative estimate of drug-likeness (QED) is 0.392. The molecule has 190 valence electrons. The largest absolute Gasteiger partial charge is 1.00 e. The molecule has 1 unspecified atom stereocenters. The summed E-state index contributed by atoms with van der Waals surface area (Å²) in [6, 6.07) is 9.97. The Morgan fingerprint density at radius 1 is 1.09 bits per heavy atom. The number of rotatable bonds is 8. The van der Waals surface area contributed by atoms with Crippen LogP contribution in [0.1, 0.15) is 48.3 Å². The molecule has 0 bridgehead atoms. The van der Waals surface area contributed by atoms with Crippen molar-refractivity contribution in [2.45, 2.75) is 44.0 Å². The Kier molecular flexibility index (Phi) is 8.68. The highest BCUT2D eigenvalue weighted by atomic mass is 35.5. The molecule has 4 rings (SSSR count). The van der Waals surface area contributed by atoms with Crippen molar-refractivity contribution >= 4 is 15.7 Å². The van der Waals surface area contributed by atoms with Crippen LogP contribution >= 0.6 is 0 Å². The molecular formula is C23H30ClN6O4S-. The number of furan rings is 1. The van der Waals surface area contributed by atoms with E-state index in [1.807, 2.05) is 6.92 Å². The van der Waals surface area contributed by atoms with Crippen LogP contribution in [0.4, 0.5) is 0 Å². The predicted molar refractivity (Wildman–Crippen MR) is 125 cm³/mol. The Balaban J connectivity index is 0.00000342. The van der Waals surface area contributed by atoms with Gasteiger partial charge in [0.25, 0.3) is 5.91 Å². The van der Waals surface area contributed by atoms with Crippen LogP contribution in [-0.4, -0.2) is 70.5 Å². The molecule has 12 heteroatoms. The SMILES string of the molecule is Cc1ccc(S(=O)(=O)Cn2nnnc2C(CC(C)C)N2CCN(C(=O)c3ccco3)CC2)cc1.[Cl-]. The number of aromatic nitrogens is 4. The third kappa shape index (κ3) is 6.28. The Morgan fingerprint density at radius 2 is 1.77 bits per heavy atom. The van der Waals surface area contributed by atoms with E-state index in [9.17, 15) is 13.2 Å². The summed E-state index contributed by atoms with van der Waals surface area (Å²) in [6.45, 7) is 8.47. The lowest BCUT2D eigenvalue weighted by Gasteiger charge is -2.39. The Bertz CT molecular complexity index is 1200. The third-order valence-electron chi connectivity index (χ3n) is 6.00. The molecule has 1 amide bonds. The zero-order valence-corrected chi connectivity index (χ0v) is 21.6. The summed E-state index contributed by atoms with van der Waals surface area (Å²) in [5, 5.41) is 12.1. The predicted octanol–water partition coefficient (Wildman–Crippen LogP) is -0.445. The fourth-order valence-electron chi connectivity index (χ4n) is 4.18. The number of tetrazole rings is 1. The van der Waals surface area contributed by atoms with Gasteiger partial charge in [-0.05, 0) is 54.0 Å². The average molecular weight is 522 g/mol. The van der Waals surface area contributed by atoms with Crippen molar-refractivity contribution in [2.75, 3.05) is 26.2 Å². The van der Waals surface area contributed by atoms with Crippen LogP contribution in [0.15, 0.2) is 52.0 Å². The molecule has 1 fully saturated rings. The number of hydrogen-bond donors (Lipinski definition) is 0. The monoisotopic (exact) mass is 521 g/mol. The third-order valence-corrected chi connectivity index (χ3v) is 7.57. The molecule has 0 radical (unpaired) electrons. The molecule has 3 heterocycles. The molecule has 0 aliphatic carbocycles. The fraction of sp³-hybridized carbons (Fsp3) is 0.478.